The zero-order valence-corrected chi connectivity index (χ0v) is 24.7. The fourth-order valence-corrected chi connectivity index (χ4v) is 5.05. The molecule has 7 heteroatoms. The number of aromatic nitrogens is 1. The second-order valence-corrected chi connectivity index (χ2v) is 10.7. The highest BCUT2D eigenvalue weighted by atomic mass is 16.5. The highest BCUT2D eigenvalue weighted by Crippen LogP contribution is 2.40. The molecule has 226 valence electrons. The van der Waals surface area contributed by atoms with E-state index in [0.29, 0.717) is 55.6 Å². The molecule has 0 aliphatic heterocycles. The van der Waals surface area contributed by atoms with Gasteiger partial charge in [-0.2, -0.15) is 0 Å². The summed E-state index contributed by atoms with van der Waals surface area (Å²) in [5, 5.41) is 13.9. The second kappa shape index (κ2) is 14.2. The highest BCUT2D eigenvalue weighted by molar-refractivity contribution is 5.95. The summed E-state index contributed by atoms with van der Waals surface area (Å²) in [6.07, 6.45) is 2.49. The number of fused-ring (bicyclic) bond motifs is 1. The standard InChI is InChI=1S/C38H34N2O5/c41-32-16-17-34-33(22-32)30(23-40-34)18-19-39-38(42)31-20-35(43-24-27-10-4-1-5-11-27)37(45-26-29-14-8-3-9-15-29)36(21-31)44-25-28-12-6-2-7-13-28/h1-17,20-23,40-41H,18-19,24-26H2,(H,39,42). The molecule has 0 saturated heterocycles. The number of aromatic amines is 1. The van der Waals surface area contributed by atoms with E-state index in [1.807, 2.05) is 103 Å². The Balaban J connectivity index is 1.27. The number of phenols is 1. The molecule has 0 spiro atoms. The van der Waals surface area contributed by atoms with Gasteiger partial charge in [0.15, 0.2) is 11.5 Å². The van der Waals surface area contributed by atoms with Gasteiger partial charge in [-0.25, -0.2) is 0 Å². The van der Waals surface area contributed by atoms with Crippen LogP contribution in [0.3, 0.4) is 0 Å². The molecule has 1 amide bonds. The quantitative estimate of drug-likeness (QED) is 0.127. The van der Waals surface area contributed by atoms with Gasteiger partial charge in [0.2, 0.25) is 5.75 Å². The minimum absolute atomic E-state index is 0.202. The number of rotatable bonds is 13. The number of hydrogen-bond acceptors (Lipinski definition) is 5. The summed E-state index contributed by atoms with van der Waals surface area (Å²) in [7, 11) is 0. The molecule has 45 heavy (non-hydrogen) atoms. The first-order chi connectivity index (χ1) is 22.1. The van der Waals surface area contributed by atoms with Gasteiger partial charge >= 0.3 is 0 Å². The number of H-pyrrole nitrogens is 1. The Morgan fingerprint density at radius 3 is 1.76 bits per heavy atom. The second-order valence-electron chi connectivity index (χ2n) is 10.7. The fraction of sp³-hybridized carbons (Fsp3) is 0.132. The van der Waals surface area contributed by atoms with Gasteiger partial charge in [0.05, 0.1) is 0 Å². The van der Waals surface area contributed by atoms with Gasteiger partial charge in [-0.05, 0) is 59.0 Å². The Bertz CT molecular complexity index is 1790. The van der Waals surface area contributed by atoms with Crippen LogP contribution in [0.5, 0.6) is 23.0 Å². The Kier molecular flexibility index (Phi) is 9.26. The van der Waals surface area contributed by atoms with Crippen molar-refractivity contribution in [2.24, 2.45) is 0 Å². The lowest BCUT2D eigenvalue weighted by atomic mass is 10.1. The molecule has 0 aliphatic carbocycles. The highest BCUT2D eigenvalue weighted by Gasteiger charge is 2.20. The normalized spacial score (nSPS) is 10.8. The number of aromatic hydroxyl groups is 1. The number of nitrogens with one attached hydrogen (secondary N) is 2. The van der Waals surface area contributed by atoms with E-state index in [2.05, 4.69) is 10.3 Å². The van der Waals surface area contributed by atoms with Gasteiger partial charge in [0.25, 0.3) is 5.91 Å². The van der Waals surface area contributed by atoms with Crippen molar-refractivity contribution in [1.82, 2.24) is 10.3 Å². The maximum Gasteiger partial charge on any atom is 0.251 e. The van der Waals surface area contributed by atoms with Gasteiger partial charge in [-0.3, -0.25) is 4.79 Å². The predicted octanol–water partition coefficient (Wildman–Crippen LogP) is 7.58. The van der Waals surface area contributed by atoms with E-state index in [1.165, 1.54) is 0 Å². The summed E-state index contributed by atoms with van der Waals surface area (Å²) in [6, 6.07) is 38.2. The Morgan fingerprint density at radius 1 is 0.667 bits per heavy atom. The molecule has 0 atom stereocenters. The largest absolute Gasteiger partial charge is 0.508 e. The molecule has 0 radical (unpaired) electrons. The molecular formula is C38H34N2O5. The number of benzene rings is 5. The maximum atomic E-state index is 13.5. The predicted molar refractivity (Wildman–Crippen MR) is 175 cm³/mol. The summed E-state index contributed by atoms with van der Waals surface area (Å²) < 4.78 is 19.0. The van der Waals surface area contributed by atoms with E-state index >= 15 is 0 Å². The third-order valence-electron chi connectivity index (χ3n) is 7.41. The van der Waals surface area contributed by atoms with Crippen LogP contribution in [-0.2, 0) is 26.2 Å². The van der Waals surface area contributed by atoms with Crippen molar-refractivity contribution in [3.05, 3.63) is 155 Å². The molecule has 0 fully saturated rings. The molecule has 0 saturated carbocycles. The molecule has 3 N–H and O–H groups in total. The van der Waals surface area contributed by atoms with Crippen LogP contribution >= 0.6 is 0 Å². The molecule has 1 aromatic heterocycles. The number of phenolic OH excluding ortho intramolecular Hbond substituents is 1. The third-order valence-corrected chi connectivity index (χ3v) is 7.41. The minimum atomic E-state index is -0.263. The zero-order valence-electron chi connectivity index (χ0n) is 24.7. The molecule has 1 heterocycles. The number of hydrogen-bond donors (Lipinski definition) is 3. The number of ether oxygens (including phenoxy) is 3. The van der Waals surface area contributed by atoms with Crippen LogP contribution < -0.4 is 19.5 Å². The Morgan fingerprint density at radius 2 is 1.20 bits per heavy atom. The van der Waals surface area contributed by atoms with Crippen LogP contribution in [0, 0.1) is 0 Å². The lowest BCUT2D eigenvalue weighted by Gasteiger charge is -2.19. The van der Waals surface area contributed by atoms with Gasteiger partial charge in [0, 0.05) is 29.2 Å². The van der Waals surface area contributed by atoms with Crippen molar-refractivity contribution >= 4 is 16.8 Å². The molecule has 0 bridgehead atoms. The SMILES string of the molecule is O=C(NCCc1c[nH]c2ccc(O)cc12)c1cc(OCc2ccccc2)c(OCc2ccccc2)c(OCc2ccccc2)c1. The van der Waals surface area contributed by atoms with Crippen LogP contribution in [0.25, 0.3) is 10.9 Å². The molecule has 0 unspecified atom stereocenters. The fourth-order valence-electron chi connectivity index (χ4n) is 5.05. The summed E-state index contributed by atoms with van der Waals surface area (Å²) in [5.74, 6) is 1.20. The van der Waals surface area contributed by atoms with Crippen molar-refractivity contribution in [3.63, 3.8) is 0 Å². The van der Waals surface area contributed by atoms with Crippen LogP contribution in [0.2, 0.25) is 0 Å². The minimum Gasteiger partial charge on any atom is -0.508 e. The molecule has 7 nitrogen and oxygen atoms in total. The van der Waals surface area contributed by atoms with E-state index in [4.69, 9.17) is 14.2 Å². The van der Waals surface area contributed by atoms with Gasteiger partial charge in [-0.15, -0.1) is 0 Å². The van der Waals surface area contributed by atoms with E-state index in [0.717, 1.165) is 33.2 Å². The lowest BCUT2D eigenvalue weighted by molar-refractivity contribution is 0.0952. The number of carbonyl (C=O) groups is 1. The van der Waals surface area contributed by atoms with Crippen LogP contribution in [0.15, 0.2) is 128 Å². The van der Waals surface area contributed by atoms with Crippen molar-refractivity contribution in [1.29, 1.82) is 0 Å². The van der Waals surface area contributed by atoms with Gasteiger partial charge in [0.1, 0.15) is 25.6 Å². The van der Waals surface area contributed by atoms with Crippen molar-refractivity contribution in [2.75, 3.05) is 6.54 Å². The van der Waals surface area contributed by atoms with E-state index in [-0.39, 0.29) is 11.7 Å². The summed E-state index contributed by atoms with van der Waals surface area (Å²) in [6.45, 7) is 1.28. The van der Waals surface area contributed by atoms with Crippen LogP contribution in [0.4, 0.5) is 0 Å². The lowest BCUT2D eigenvalue weighted by Crippen LogP contribution is -2.25. The Labute approximate surface area is 262 Å². The zero-order chi connectivity index (χ0) is 30.8. The summed E-state index contributed by atoms with van der Waals surface area (Å²) in [5.41, 5.74) is 5.29. The van der Waals surface area contributed by atoms with Gasteiger partial charge in [-0.1, -0.05) is 91.0 Å². The molecule has 5 aromatic carbocycles. The van der Waals surface area contributed by atoms with Crippen molar-refractivity contribution in [3.8, 4) is 23.0 Å². The monoisotopic (exact) mass is 598 g/mol. The number of amides is 1. The Hall–Kier alpha value is -5.69. The van der Waals surface area contributed by atoms with Crippen molar-refractivity contribution in [2.45, 2.75) is 26.2 Å². The molecule has 0 aliphatic rings. The first-order valence-corrected chi connectivity index (χ1v) is 14.9. The first-order valence-electron chi connectivity index (χ1n) is 14.9. The molecule has 6 aromatic rings. The first kappa shape index (κ1) is 29.4. The smallest absolute Gasteiger partial charge is 0.251 e. The summed E-state index contributed by atoms with van der Waals surface area (Å²) in [4.78, 5) is 16.7. The summed E-state index contributed by atoms with van der Waals surface area (Å²) >= 11 is 0. The van der Waals surface area contributed by atoms with Crippen LogP contribution in [-0.4, -0.2) is 22.5 Å². The average molecular weight is 599 g/mol. The topological polar surface area (TPSA) is 92.8 Å². The number of carbonyl (C=O) groups excluding carboxylic acids is 1. The molecular weight excluding hydrogens is 564 g/mol. The molecule has 6 rings (SSSR count). The van der Waals surface area contributed by atoms with E-state index in [1.54, 1.807) is 24.3 Å². The van der Waals surface area contributed by atoms with Gasteiger partial charge < -0.3 is 29.6 Å². The maximum absolute atomic E-state index is 13.5. The van der Waals surface area contributed by atoms with Crippen LogP contribution in [0.1, 0.15) is 32.6 Å². The third kappa shape index (κ3) is 7.64. The van der Waals surface area contributed by atoms with E-state index in [9.17, 15) is 9.90 Å². The van der Waals surface area contributed by atoms with Crippen molar-refractivity contribution < 1.29 is 24.1 Å². The average Bonchev–Trinajstić information content (AvgIpc) is 3.48. The van der Waals surface area contributed by atoms with E-state index < -0.39 is 0 Å².